The summed E-state index contributed by atoms with van der Waals surface area (Å²) in [6.07, 6.45) is -0.221. The number of rotatable bonds is 12. The summed E-state index contributed by atoms with van der Waals surface area (Å²) in [5, 5.41) is 14.7. The first-order chi connectivity index (χ1) is 29.4. The molecule has 0 radical (unpaired) electrons. The van der Waals surface area contributed by atoms with Crippen molar-refractivity contribution in [2.24, 2.45) is 29.6 Å². The summed E-state index contributed by atoms with van der Waals surface area (Å²) in [5.74, 6) is -3.24. The zero-order valence-electron chi connectivity index (χ0n) is 38.4. The van der Waals surface area contributed by atoms with Gasteiger partial charge >= 0.3 is 18.0 Å². The Morgan fingerprint density at radius 2 is 1.68 bits per heavy atom. The maximum Gasteiger partial charge on any atom is 0.410 e. The average Bonchev–Trinajstić information content (AvgIpc) is 3.94. The number of carbonyl (C=O) groups is 4. The molecule has 348 valence electrons. The molecule has 1 amide bonds. The van der Waals surface area contributed by atoms with E-state index in [0.29, 0.717) is 36.6 Å². The number of nitrogens with one attached hydrogen (secondary N) is 1. The molecule has 1 aliphatic carbocycles. The SMILES string of the molecule is CC[C@H]1OC(=O)[C@H](C)[C@@H](O)[C@H](C)[C@@H](O[C@@H]2O[C@H](C)C[C@H]3[C@H]2OC(=O)N3C)[C@](C)(OC)C[C@@H](C)C(=O)[C@H](C)[C@H]2[C@H](SCCNc3ccc(OC)c(OC4CCCC4)c3)C(=O)O[C@@]21C. The number of esters is 2. The first kappa shape index (κ1) is 48.2. The Morgan fingerprint density at radius 3 is 2.34 bits per heavy atom. The van der Waals surface area contributed by atoms with Crippen LogP contribution in [0.1, 0.15) is 100 Å². The molecule has 62 heavy (non-hydrogen) atoms. The number of methoxy groups -OCH3 is 2. The highest BCUT2D eigenvalue weighted by Gasteiger charge is 2.62. The second-order valence-corrected chi connectivity index (χ2v) is 19.9. The summed E-state index contributed by atoms with van der Waals surface area (Å²) in [6, 6.07) is 5.44. The highest BCUT2D eigenvalue weighted by atomic mass is 32.2. The third-order valence-electron chi connectivity index (χ3n) is 14.3. The standard InChI is InChI=1S/C46H70N2O13S/c1-12-34-46(8)35(39(42(52)61-46)62-20-19-47-29-17-18-32(54-10)33(22-29)57-30-15-13-14-16-30)26(4)36(49)24(2)23-45(7,55-11)40(27(5)37(50)28(6)41(51)58-34)60-43-38-31(21-25(3)56-43)48(9)44(53)59-38/h17-18,22,24-28,30-31,34-35,37-40,43,47,50H,12-16,19-21,23H2,1-11H3/t24-,25-,26-,27+,28-,31+,34-,35+,37+,38-,39+,40-,43+,45-,46-/m1/s1. The lowest BCUT2D eigenvalue weighted by Gasteiger charge is -2.47. The third-order valence-corrected chi connectivity index (χ3v) is 15.6. The van der Waals surface area contributed by atoms with Gasteiger partial charge in [-0.25, -0.2) is 4.79 Å². The lowest BCUT2D eigenvalue weighted by Crippen LogP contribution is -2.59. The fourth-order valence-corrected chi connectivity index (χ4v) is 12.0. The van der Waals surface area contributed by atoms with E-state index in [0.717, 1.165) is 31.4 Å². The number of benzene rings is 1. The minimum Gasteiger partial charge on any atom is -0.493 e. The number of nitrogens with zero attached hydrogens (tertiary/aromatic N) is 1. The van der Waals surface area contributed by atoms with Crippen LogP contribution in [0.25, 0.3) is 0 Å². The summed E-state index contributed by atoms with van der Waals surface area (Å²) < 4.78 is 49.4. The molecule has 1 saturated carbocycles. The Kier molecular flexibility index (Phi) is 15.4. The molecule has 15 atom stereocenters. The molecule has 0 spiro atoms. The van der Waals surface area contributed by atoms with Crippen LogP contribution < -0.4 is 14.8 Å². The summed E-state index contributed by atoms with van der Waals surface area (Å²) in [6.45, 7) is 14.8. The van der Waals surface area contributed by atoms with E-state index in [2.05, 4.69) is 5.32 Å². The molecule has 5 fully saturated rings. The fourth-order valence-electron chi connectivity index (χ4n) is 10.7. The van der Waals surface area contributed by atoms with Crippen molar-refractivity contribution in [3.05, 3.63) is 18.2 Å². The lowest BCUT2D eigenvalue weighted by molar-refractivity contribution is -0.291. The van der Waals surface area contributed by atoms with Crippen molar-refractivity contribution in [1.82, 2.24) is 4.90 Å². The Morgan fingerprint density at radius 1 is 0.968 bits per heavy atom. The van der Waals surface area contributed by atoms with E-state index in [-0.39, 0.29) is 30.5 Å². The van der Waals surface area contributed by atoms with Gasteiger partial charge in [-0.2, -0.15) is 0 Å². The van der Waals surface area contributed by atoms with E-state index in [9.17, 15) is 24.3 Å². The van der Waals surface area contributed by atoms with Crippen LogP contribution in [0.5, 0.6) is 11.5 Å². The molecule has 1 aromatic rings. The number of fused-ring (bicyclic) bond motifs is 2. The van der Waals surface area contributed by atoms with E-state index in [1.54, 1.807) is 39.8 Å². The zero-order valence-corrected chi connectivity index (χ0v) is 39.2. The molecule has 0 aromatic heterocycles. The van der Waals surface area contributed by atoms with Gasteiger partial charge in [-0.1, -0.05) is 27.7 Å². The van der Waals surface area contributed by atoms with Crippen LogP contribution >= 0.6 is 11.8 Å². The maximum absolute atomic E-state index is 14.8. The molecule has 0 bridgehead atoms. The number of ketones is 1. The first-order valence-corrected chi connectivity index (χ1v) is 23.6. The largest absolute Gasteiger partial charge is 0.493 e. The van der Waals surface area contributed by atoms with Crippen LogP contribution in [0.3, 0.4) is 0 Å². The van der Waals surface area contributed by atoms with Crippen LogP contribution in [0.4, 0.5) is 10.5 Å². The average molecular weight is 891 g/mol. The van der Waals surface area contributed by atoms with E-state index >= 15 is 0 Å². The van der Waals surface area contributed by atoms with Crippen LogP contribution in [0.15, 0.2) is 18.2 Å². The van der Waals surface area contributed by atoms with Crippen molar-refractivity contribution >= 4 is 41.3 Å². The van der Waals surface area contributed by atoms with Crippen LogP contribution in [-0.2, 0) is 42.8 Å². The number of aliphatic hydroxyl groups is 1. The van der Waals surface area contributed by atoms with E-state index in [4.69, 9.17) is 37.9 Å². The number of hydrogen-bond donors (Lipinski definition) is 2. The zero-order chi connectivity index (χ0) is 45.3. The Hall–Kier alpha value is -3.31. The van der Waals surface area contributed by atoms with Crippen LogP contribution in [0.2, 0.25) is 0 Å². The van der Waals surface area contributed by atoms with Gasteiger partial charge in [-0.05, 0) is 84.8 Å². The van der Waals surface area contributed by atoms with Crippen molar-refractivity contribution in [1.29, 1.82) is 0 Å². The quantitative estimate of drug-likeness (QED) is 0.134. The van der Waals surface area contributed by atoms with Crippen molar-refractivity contribution in [3.8, 4) is 11.5 Å². The van der Waals surface area contributed by atoms with Crippen molar-refractivity contribution in [2.75, 3.05) is 38.9 Å². The van der Waals surface area contributed by atoms with Gasteiger partial charge in [-0.3, -0.25) is 14.4 Å². The maximum atomic E-state index is 14.8. The minimum absolute atomic E-state index is 0.118. The van der Waals surface area contributed by atoms with Gasteiger partial charge in [-0.15, -0.1) is 11.8 Å². The number of aliphatic hydroxyl groups excluding tert-OH is 1. The molecule has 1 aromatic carbocycles. The van der Waals surface area contributed by atoms with Crippen molar-refractivity contribution in [3.63, 3.8) is 0 Å². The van der Waals surface area contributed by atoms with E-state index < -0.39 is 94.8 Å². The summed E-state index contributed by atoms with van der Waals surface area (Å²) >= 11 is 1.41. The molecule has 16 heteroatoms. The molecular formula is C46H70N2O13S. The van der Waals surface area contributed by atoms with Gasteiger partial charge < -0.3 is 53.2 Å². The van der Waals surface area contributed by atoms with E-state index in [1.165, 1.54) is 18.9 Å². The molecule has 5 aliphatic rings. The van der Waals surface area contributed by atoms with Crippen molar-refractivity contribution < 1.29 is 62.2 Å². The summed E-state index contributed by atoms with van der Waals surface area (Å²) in [7, 11) is 4.83. The Balaban J connectivity index is 1.26. The predicted octanol–water partition coefficient (Wildman–Crippen LogP) is 6.41. The van der Waals surface area contributed by atoms with Gasteiger partial charge in [0, 0.05) is 61.9 Å². The third kappa shape index (κ3) is 9.69. The van der Waals surface area contributed by atoms with E-state index in [1.807, 2.05) is 52.8 Å². The second-order valence-electron chi connectivity index (χ2n) is 18.7. The van der Waals surface area contributed by atoms with Gasteiger partial charge in [0.15, 0.2) is 29.5 Å². The molecule has 4 heterocycles. The number of likely N-dealkylation sites (N-methyl/N-ethyl adjacent to an activating group) is 1. The second kappa shape index (κ2) is 19.8. The highest BCUT2D eigenvalue weighted by molar-refractivity contribution is 8.00. The molecule has 4 aliphatic heterocycles. The number of cyclic esters (lactones) is 1. The number of ether oxygens (including phenoxy) is 8. The van der Waals surface area contributed by atoms with Crippen LogP contribution in [-0.4, -0.2) is 133 Å². The topological polar surface area (TPSA) is 178 Å². The Labute approximate surface area is 371 Å². The smallest absolute Gasteiger partial charge is 0.410 e. The predicted molar refractivity (Wildman–Crippen MR) is 232 cm³/mol. The molecule has 6 rings (SSSR count). The fraction of sp³-hybridized carbons (Fsp3) is 0.783. The van der Waals surface area contributed by atoms with Gasteiger partial charge in [0.1, 0.15) is 17.1 Å². The highest BCUT2D eigenvalue weighted by Crippen LogP contribution is 2.49. The minimum atomic E-state index is -1.35. The lowest BCUT2D eigenvalue weighted by atomic mass is 9.70. The molecule has 2 N–H and O–H groups in total. The molecule has 4 saturated heterocycles. The van der Waals surface area contributed by atoms with Crippen molar-refractivity contribution in [2.45, 2.75) is 166 Å². The number of carbonyl (C=O) groups excluding carboxylic acids is 4. The first-order valence-electron chi connectivity index (χ1n) is 22.5. The molecule has 0 unspecified atom stereocenters. The summed E-state index contributed by atoms with van der Waals surface area (Å²) in [5.41, 5.74) is -1.73. The Bertz CT molecular complexity index is 1760. The monoisotopic (exact) mass is 890 g/mol. The number of Topliss-reactive ketones (excluding diaryl/α,β-unsaturated/α-hetero) is 1. The summed E-state index contributed by atoms with van der Waals surface area (Å²) in [4.78, 5) is 57.2. The molecular weight excluding hydrogens is 821 g/mol. The number of anilines is 1. The van der Waals surface area contributed by atoms with Gasteiger partial charge in [0.25, 0.3) is 0 Å². The molecule has 15 nitrogen and oxygen atoms in total. The number of hydrogen-bond acceptors (Lipinski definition) is 15. The van der Waals surface area contributed by atoms with Gasteiger partial charge in [0.2, 0.25) is 0 Å². The number of amides is 1. The normalized spacial score (nSPS) is 39.6. The number of thioether (sulfide) groups is 1. The van der Waals surface area contributed by atoms with Gasteiger partial charge in [0.05, 0.1) is 49.1 Å². The van der Waals surface area contributed by atoms with Crippen LogP contribution in [0, 0.1) is 29.6 Å².